The molecule has 2 aromatic rings. The van der Waals surface area contributed by atoms with Crippen LogP contribution < -0.4 is 0 Å². The van der Waals surface area contributed by atoms with Gasteiger partial charge in [0, 0.05) is 45.3 Å². The molecule has 0 aliphatic carbocycles. The standard InChI is InChI=1S/C20H30N6O/c1-24-19(15-25-11-7-18(27)8-12-25)22-23-20(24)16-5-4-10-26(13-16)14-17-6-2-3-9-21-17/h2-3,6,9,16,18,27H,4-5,7-8,10-15H2,1H3. The molecule has 0 spiro atoms. The van der Waals surface area contributed by atoms with Crippen molar-refractivity contribution in [2.24, 2.45) is 7.05 Å². The molecule has 2 fully saturated rings. The number of hydrogen-bond donors (Lipinski definition) is 1. The monoisotopic (exact) mass is 370 g/mol. The van der Waals surface area contributed by atoms with Gasteiger partial charge < -0.3 is 9.67 Å². The van der Waals surface area contributed by atoms with Crippen LogP contribution in [-0.2, 0) is 20.1 Å². The Labute approximate surface area is 161 Å². The first kappa shape index (κ1) is 18.5. The summed E-state index contributed by atoms with van der Waals surface area (Å²) in [6.45, 7) is 5.72. The van der Waals surface area contributed by atoms with E-state index in [-0.39, 0.29) is 6.10 Å². The van der Waals surface area contributed by atoms with Crippen molar-refractivity contribution in [1.29, 1.82) is 0 Å². The van der Waals surface area contributed by atoms with Crippen LogP contribution >= 0.6 is 0 Å². The van der Waals surface area contributed by atoms with Crippen LogP contribution in [0.1, 0.15) is 48.9 Å². The van der Waals surface area contributed by atoms with Crippen molar-refractivity contribution in [3.8, 4) is 0 Å². The smallest absolute Gasteiger partial charge is 0.146 e. The molecule has 7 heteroatoms. The van der Waals surface area contributed by atoms with Crippen LogP contribution in [-0.4, -0.2) is 66.9 Å². The van der Waals surface area contributed by atoms with Gasteiger partial charge in [0.2, 0.25) is 0 Å². The molecular weight excluding hydrogens is 340 g/mol. The predicted molar refractivity (Wildman–Crippen MR) is 103 cm³/mol. The third kappa shape index (κ3) is 4.54. The van der Waals surface area contributed by atoms with Crippen LogP contribution in [0.5, 0.6) is 0 Å². The summed E-state index contributed by atoms with van der Waals surface area (Å²) in [5, 5.41) is 18.7. The predicted octanol–water partition coefficient (Wildman–Crippen LogP) is 1.55. The Kier molecular flexibility index (Phi) is 5.80. The van der Waals surface area contributed by atoms with Crippen LogP contribution in [0.4, 0.5) is 0 Å². The van der Waals surface area contributed by atoms with Gasteiger partial charge in [0.25, 0.3) is 0 Å². The minimum atomic E-state index is -0.136. The van der Waals surface area contributed by atoms with Gasteiger partial charge in [-0.05, 0) is 44.4 Å². The normalized spacial score (nSPS) is 23.0. The second-order valence-corrected chi connectivity index (χ2v) is 7.94. The third-order valence-electron chi connectivity index (χ3n) is 5.90. The maximum Gasteiger partial charge on any atom is 0.146 e. The van der Waals surface area contributed by atoms with Crippen molar-refractivity contribution in [3.63, 3.8) is 0 Å². The van der Waals surface area contributed by atoms with Crippen molar-refractivity contribution in [3.05, 3.63) is 41.7 Å². The summed E-state index contributed by atoms with van der Waals surface area (Å²) in [6.07, 6.45) is 5.80. The van der Waals surface area contributed by atoms with E-state index in [0.29, 0.717) is 5.92 Å². The van der Waals surface area contributed by atoms with Crippen molar-refractivity contribution in [1.82, 2.24) is 29.5 Å². The quantitative estimate of drug-likeness (QED) is 0.861. The molecule has 2 saturated heterocycles. The number of aliphatic hydroxyl groups excluding tert-OH is 1. The van der Waals surface area contributed by atoms with E-state index in [1.54, 1.807) is 0 Å². The lowest BCUT2D eigenvalue weighted by atomic mass is 9.97. The Hall–Kier alpha value is -1.83. The summed E-state index contributed by atoms with van der Waals surface area (Å²) in [4.78, 5) is 9.32. The van der Waals surface area contributed by atoms with Crippen molar-refractivity contribution >= 4 is 0 Å². The number of piperidine rings is 2. The van der Waals surface area contributed by atoms with Crippen LogP contribution in [0.2, 0.25) is 0 Å². The number of nitrogens with zero attached hydrogens (tertiary/aromatic N) is 6. The molecule has 2 aromatic heterocycles. The van der Waals surface area contributed by atoms with Gasteiger partial charge in [-0.15, -0.1) is 10.2 Å². The van der Waals surface area contributed by atoms with Gasteiger partial charge in [0.15, 0.2) is 0 Å². The number of rotatable bonds is 5. The lowest BCUT2D eigenvalue weighted by Crippen LogP contribution is -2.36. The SMILES string of the molecule is Cn1c(CN2CCC(O)CC2)nnc1C1CCCN(Cc2ccccn2)C1. The number of aromatic nitrogens is 4. The first-order chi connectivity index (χ1) is 13.2. The second kappa shape index (κ2) is 8.46. The van der Waals surface area contributed by atoms with Crippen LogP contribution in [0.15, 0.2) is 24.4 Å². The maximum atomic E-state index is 9.68. The fraction of sp³-hybridized carbons (Fsp3) is 0.650. The van der Waals surface area contributed by atoms with Crippen molar-refractivity contribution in [2.45, 2.75) is 50.8 Å². The van der Waals surface area contributed by atoms with Gasteiger partial charge in [-0.1, -0.05) is 6.07 Å². The molecule has 7 nitrogen and oxygen atoms in total. The molecular formula is C20H30N6O. The van der Waals surface area contributed by atoms with Gasteiger partial charge in [-0.3, -0.25) is 14.8 Å². The number of likely N-dealkylation sites (tertiary alicyclic amines) is 2. The molecule has 0 saturated carbocycles. The van der Waals surface area contributed by atoms with Crippen molar-refractivity contribution < 1.29 is 5.11 Å². The van der Waals surface area contributed by atoms with E-state index in [0.717, 1.165) is 69.5 Å². The molecule has 2 aliphatic rings. The molecule has 1 N–H and O–H groups in total. The molecule has 1 unspecified atom stereocenters. The third-order valence-corrected chi connectivity index (χ3v) is 5.90. The first-order valence-electron chi connectivity index (χ1n) is 10.1. The van der Waals surface area contributed by atoms with E-state index in [1.165, 1.54) is 12.8 Å². The molecule has 0 bridgehead atoms. The zero-order valence-electron chi connectivity index (χ0n) is 16.2. The summed E-state index contributed by atoms with van der Waals surface area (Å²) < 4.78 is 2.19. The van der Waals surface area contributed by atoms with Crippen LogP contribution in [0.25, 0.3) is 0 Å². The van der Waals surface area contributed by atoms with Crippen LogP contribution in [0.3, 0.4) is 0 Å². The highest BCUT2D eigenvalue weighted by atomic mass is 16.3. The van der Waals surface area contributed by atoms with E-state index in [1.807, 2.05) is 12.3 Å². The zero-order valence-corrected chi connectivity index (χ0v) is 16.2. The average Bonchev–Trinajstić information content (AvgIpc) is 3.05. The molecule has 0 amide bonds. The number of aliphatic hydroxyl groups is 1. The van der Waals surface area contributed by atoms with Gasteiger partial charge in [-0.2, -0.15) is 0 Å². The fourth-order valence-electron chi connectivity index (χ4n) is 4.28. The molecule has 27 heavy (non-hydrogen) atoms. The van der Waals surface area contributed by atoms with Gasteiger partial charge in [-0.25, -0.2) is 0 Å². The molecule has 1 atom stereocenters. The van der Waals surface area contributed by atoms with Gasteiger partial charge in [0.05, 0.1) is 18.3 Å². The number of hydrogen-bond acceptors (Lipinski definition) is 6. The van der Waals surface area contributed by atoms with Gasteiger partial charge >= 0.3 is 0 Å². The van der Waals surface area contributed by atoms with E-state index < -0.39 is 0 Å². The molecule has 4 rings (SSSR count). The summed E-state index contributed by atoms with van der Waals surface area (Å²) in [6, 6.07) is 6.12. The Morgan fingerprint density at radius 1 is 1.04 bits per heavy atom. The van der Waals surface area contributed by atoms with Crippen molar-refractivity contribution in [2.75, 3.05) is 26.2 Å². The topological polar surface area (TPSA) is 70.3 Å². The fourth-order valence-corrected chi connectivity index (χ4v) is 4.28. The molecule has 2 aliphatic heterocycles. The molecule has 146 valence electrons. The molecule has 4 heterocycles. The largest absolute Gasteiger partial charge is 0.393 e. The van der Waals surface area contributed by atoms with Gasteiger partial charge in [0.1, 0.15) is 11.6 Å². The Bertz CT molecular complexity index is 725. The number of pyridine rings is 1. The Morgan fingerprint density at radius 3 is 2.67 bits per heavy atom. The zero-order chi connectivity index (χ0) is 18.6. The highest BCUT2D eigenvalue weighted by Crippen LogP contribution is 2.27. The minimum Gasteiger partial charge on any atom is -0.393 e. The first-order valence-corrected chi connectivity index (χ1v) is 10.1. The van der Waals surface area contributed by atoms with E-state index in [2.05, 4.69) is 48.7 Å². The van der Waals surface area contributed by atoms with E-state index in [4.69, 9.17) is 0 Å². The summed E-state index contributed by atoms with van der Waals surface area (Å²) in [7, 11) is 2.10. The van der Waals surface area contributed by atoms with Crippen LogP contribution in [0, 0.1) is 0 Å². The minimum absolute atomic E-state index is 0.136. The molecule has 0 aromatic carbocycles. The van der Waals surface area contributed by atoms with E-state index >= 15 is 0 Å². The lowest BCUT2D eigenvalue weighted by Gasteiger charge is -2.32. The highest BCUT2D eigenvalue weighted by molar-refractivity contribution is 5.07. The lowest BCUT2D eigenvalue weighted by molar-refractivity contribution is 0.0775. The molecule has 0 radical (unpaired) electrons. The summed E-state index contributed by atoms with van der Waals surface area (Å²) in [5.74, 6) is 2.56. The Morgan fingerprint density at radius 2 is 1.89 bits per heavy atom. The summed E-state index contributed by atoms with van der Waals surface area (Å²) in [5.41, 5.74) is 1.13. The van der Waals surface area contributed by atoms with E-state index in [9.17, 15) is 5.11 Å². The maximum absolute atomic E-state index is 9.68. The summed E-state index contributed by atoms with van der Waals surface area (Å²) >= 11 is 0. The second-order valence-electron chi connectivity index (χ2n) is 7.94. The Balaban J connectivity index is 1.38. The highest BCUT2D eigenvalue weighted by Gasteiger charge is 2.27. The average molecular weight is 371 g/mol.